The summed E-state index contributed by atoms with van der Waals surface area (Å²) >= 11 is 11.9. The van der Waals surface area contributed by atoms with Crippen LogP contribution in [-0.2, 0) is 16.0 Å². The fourth-order valence-corrected chi connectivity index (χ4v) is 2.30. The zero-order chi connectivity index (χ0) is 15.4. The molecule has 0 unspecified atom stereocenters. The molecule has 0 bridgehead atoms. The van der Waals surface area contributed by atoms with Crippen LogP contribution in [0.5, 0.6) is 0 Å². The number of methoxy groups -OCH3 is 1. The molecule has 21 heavy (non-hydrogen) atoms. The lowest BCUT2D eigenvalue weighted by atomic mass is 10.0. The SMILES string of the molecule is COC(=O)[C@H](N)Cc1ccc(-c2ccc(Cl)c(Cl)c2)cc1. The third kappa shape index (κ3) is 3.97. The lowest BCUT2D eigenvalue weighted by Crippen LogP contribution is -2.33. The minimum absolute atomic E-state index is 0.413. The average Bonchev–Trinajstić information content (AvgIpc) is 2.50. The van der Waals surface area contributed by atoms with Gasteiger partial charge in [-0.3, -0.25) is 4.79 Å². The van der Waals surface area contributed by atoms with Crippen molar-refractivity contribution in [3.8, 4) is 11.1 Å². The van der Waals surface area contributed by atoms with Crippen LogP contribution >= 0.6 is 23.2 Å². The Labute approximate surface area is 133 Å². The molecule has 2 aromatic rings. The number of halogens is 2. The van der Waals surface area contributed by atoms with Gasteiger partial charge in [-0.05, 0) is 35.2 Å². The van der Waals surface area contributed by atoms with Crippen molar-refractivity contribution in [1.29, 1.82) is 0 Å². The van der Waals surface area contributed by atoms with Crippen LogP contribution in [0.1, 0.15) is 5.56 Å². The van der Waals surface area contributed by atoms with Crippen molar-refractivity contribution in [2.75, 3.05) is 7.11 Å². The molecule has 0 spiro atoms. The molecule has 0 aromatic heterocycles. The number of hydrogen-bond donors (Lipinski definition) is 1. The maximum absolute atomic E-state index is 11.3. The minimum Gasteiger partial charge on any atom is -0.468 e. The zero-order valence-corrected chi connectivity index (χ0v) is 13.0. The second-order valence-electron chi connectivity index (χ2n) is 4.66. The van der Waals surface area contributed by atoms with Crippen LogP contribution < -0.4 is 5.73 Å². The van der Waals surface area contributed by atoms with Gasteiger partial charge in [0, 0.05) is 0 Å². The topological polar surface area (TPSA) is 52.3 Å². The molecule has 0 aliphatic heterocycles. The van der Waals surface area contributed by atoms with Gasteiger partial charge in [0.25, 0.3) is 0 Å². The predicted molar refractivity (Wildman–Crippen MR) is 85.6 cm³/mol. The average molecular weight is 324 g/mol. The van der Waals surface area contributed by atoms with E-state index in [9.17, 15) is 4.79 Å². The highest BCUT2D eigenvalue weighted by atomic mass is 35.5. The van der Waals surface area contributed by atoms with Crippen molar-refractivity contribution in [3.05, 3.63) is 58.1 Å². The van der Waals surface area contributed by atoms with Crippen LogP contribution in [0.2, 0.25) is 10.0 Å². The van der Waals surface area contributed by atoms with Crippen LogP contribution in [0.3, 0.4) is 0 Å². The second-order valence-corrected chi connectivity index (χ2v) is 5.47. The summed E-state index contributed by atoms with van der Waals surface area (Å²) in [5.41, 5.74) is 8.71. The van der Waals surface area contributed by atoms with E-state index >= 15 is 0 Å². The molecule has 5 heteroatoms. The molecule has 110 valence electrons. The van der Waals surface area contributed by atoms with Crippen LogP contribution in [0.15, 0.2) is 42.5 Å². The van der Waals surface area contributed by atoms with E-state index in [1.165, 1.54) is 7.11 Å². The third-order valence-electron chi connectivity index (χ3n) is 3.17. The normalized spacial score (nSPS) is 12.0. The van der Waals surface area contributed by atoms with Gasteiger partial charge in [0.05, 0.1) is 17.2 Å². The summed E-state index contributed by atoms with van der Waals surface area (Å²) in [6.45, 7) is 0. The summed E-state index contributed by atoms with van der Waals surface area (Å²) in [5, 5.41) is 1.05. The summed E-state index contributed by atoms with van der Waals surface area (Å²) in [5.74, 6) is -0.413. The Morgan fingerprint density at radius 1 is 1.10 bits per heavy atom. The number of benzene rings is 2. The molecular formula is C16H15Cl2NO2. The van der Waals surface area contributed by atoms with Crippen LogP contribution in [-0.4, -0.2) is 19.1 Å². The first-order valence-corrected chi connectivity index (χ1v) is 7.14. The van der Waals surface area contributed by atoms with E-state index in [0.717, 1.165) is 16.7 Å². The molecule has 0 amide bonds. The number of carbonyl (C=O) groups excluding carboxylic acids is 1. The molecule has 3 nitrogen and oxygen atoms in total. The fraction of sp³-hybridized carbons (Fsp3) is 0.188. The standard InChI is InChI=1S/C16H15Cl2NO2/c1-21-16(20)15(19)8-10-2-4-11(5-3-10)12-6-7-13(17)14(18)9-12/h2-7,9,15H,8,19H2,1H3/t15-/m1/s1. The molecular weight excluding hydrogens is 309 g/mol. The van der Waals surface area contributed by atoms with Gasteiger partial charge in [-0.15, -0.1) is 0 Å². The van der Waals surface area contributed by atoms with Crippen LogP contribution in [0.4, 0.5) is 0 Å². The van der Waals surface area contributed by atoms with E-state index in [2.05, 4.69) is 4.74 Å². The number of carbonyl (C=O) groups is 1. The van der Waals surface area contributed by atoms with Crippen LogP contribution in [0.25, 0.3) is 11.1 Å². The molecule has 1 atom stereocenters. The molecule has 0 aliphatic rings. The van der Waals surface area contributed by atoms with Crippen molar-refractivity contribution < 1.29 is 9.53 Å². The Balaban J connectivity index is 2.15. The Bertz CT molecular complexity index is 641. The van der Waals surface area contributed by atoms with Crippen molar-refractivity contribution in [3.63, 3.8) is 0 Å². The molecule has 0 radical (unpaired) electrons. The second kappa shape index (κ2) is 6.94. The quantitative estimate of drug-likeness (QED) is 0.873. The van der Waals surface area contributed by atoms with Gasteiger partial charge in [0.2, 0.25) is 0 Å². The van der Waals surface area contributed by atoms with Crippen molar-refractivity contribution >= 4 is 29.2 Å². The zero-order valence-electron chi connectivity index (χ0n) is 11.5. The van der Waals surface area contributed by atoms with Crippen molar-refractivity contribution in [1.82, 2.24) is 0 Å². The smallest absolute Gasteiger partial charge is 0.322 e. The van der Waals surface area contributed by atoms with E-state index in [-0.39, 0.29) is 0 Å². The maximum atomic E-state index is 11.3. The van der Waals surface area contributed by atoms with Gasteiger partial charge in [-0.1, -0.05) is 53.5 Å². The maximum Gasteiger partial charge on any atom is 0.322 e. The molecule has 0 heterocycles. The summed E-state index contributed by atoms with van der Waals surface area (Å²) in [4.78, 5) is 11.3. The van der Waals surface area contributed by atoms with Crippen LogP contribution in [0, 0.1) is 0 Å². The highest BCUT2D eigenvalue weighted by Crippen LogP contribution is 2.28. The first-order valence-electron chi connectivity index (χ1n) is 6.39. The monoisotopic (exact) mass is 323 g/mol. The lowest BCUT2D eigenvalue weighted by molar-refractivity contribution is -0.142. The molecule has 2 rings (SSSR count). The van der Waals surface area contributed by atoms with E-state index in [1.54, 1.807) is 6.07 Å². The first kappa shape index (κ1) is 15.8. The summed E-state index contributed by atoms with van der Waals surface area (Å²) < 4.78 is 4.61. The van der Waals surface area contributed by atoms with Gasteiger partial charge in [0.15, 0.2) is 0 Å². The Kier molecular flexibility index (Phi) is 5.23. The number of nitrogens with two attached hydrogens (primary N) is 1. The highest BCUT2D eigenvalue weighted by Gasteiger charge is 2.14. The molecule has 2 aromatic carbocycles. The van der Waals surface area contributed by atoms with Gasteiger partial charge >= 0.3 is 5.97 Å². The van der Waals surface area contributed by atoms with Crippen molar-refractivity contribution in [2.45, 2.75) is 12.5 Å². The molecule has 0 saturated carbocycles. The summed E-state index contributed by atoms with van der Waals surface area (Å²) in [7, 11) is 1.33. The Morgan fingerprint density at radius 3 is 2.29 bits per heavy atom. The highest BCUT2D eigenvalue weighted by molar-refractivity contribution is 6.42. The van der Waals surface area contributed by atoms with E-state index in [1.807, 2.05) is 36.4 Å². The molecule has 0 aliphatic carbocycles. The molecule has 0 fully saturated rings. The van der Waals surface area contributed by atoms with E-state index in [0.29, 0.717) is 16.5 Å². The van der Waals surface area contributed by atoms with Gasteiger partial charge in [-0.25, -0.2) is 0 Å². The number of hydrogen-bond acceptors (Lipinski definition) is 3. The lowest BCUT2D eigenvalue weighted by Gasteiger charge is -2.10. The summed E-state index contributed by atoms with van der Waals surface area (Å²) in [6, 6.07) is 12.6. The number of esters is 1. The van der Waals surface area contributed by atoms with Gasteiger partial charge in [0.1, 0.15) is 6.04 Å². The Hall–Kier alpha value is -1.55. The predicted octanol–water partition coefficient (Wildman–Crippen LogP) is 3.70. The molecule has 2 N–H and O–H groups in total. The Morgan fingerprint density at radius 2 is 1.71 bits per heavy atom. The van der Waals surface area contributed by atoms with Gasteiger partial charge in [-0.2, -0.15) is 0 Å². The van der Waals surface area contributed by atoms with Crippen molar-refractivity contribution in [2.24, 2.45) is 5.73 Å². The minimum atomic E-state index is -0.647. The summed E-state index contributed by atoms with van der Waals surface area (Å²) in [6.07, 6.45) is 0.439. The largest absolute Gasteiger partial charge is 0.468 e. The van der Waals surface area contributed by atoms with E-state index < -0.39 is 12.0 Å². The third-order valence-corrected chi connectivity index (χ3v) is 3.91. The van der Waals surface area contributed by atoms with Gasteiger partial charge < -0.3 is 10.5 Å². The number of rotatable bonds is 4. The molecule has 0 saturated heterocycles. The fourth-order valence-electron chi connectivity index (χ4n) is 2.00. The number of ether oxygens (including phenoxy) is 1. The van der Waals surface area contributed by atoms with E-state index in [4.69, 9.17) is 28.9 Å². The first-order chi connectivity index (χ1) is 10.0.